The van der Waals surface area contributed by atoms with Crippen LogP contribution in [0, 0.1) is 0 Å². The molecule has 3 nitrogen and oxygen atoms in total. The van der Waals surface area contributed by atoms with E-state index in [2.05, 4.69) is 0 Å². The van der Waals surface area contributed by atoms with Crippen molar-refractivity contribution in [1.29, 1.82) is 0 Å². The minimum atomic E-state index is -4.78. The van der Waals surface area contributed by atoms with Gasteiger partial charge in [0.1, 0.15) is 0 Å². The van der Waals surface area contributed by atoms with Crippen LogP contribution in [0.1, 0.15) is 6.42 Å². The Morgan fingerprint density at radius 1 is 1.55 bits per heavy atom. The van der Waals surface area contributed by atoms with E-state index in [1.54, 1.807) is 0 Å². The van der Waals surface area contributed by atoms with Gasteiger partial charge in [-0.2, -0.15) is 13.2 Å². The highest BCUT2D eigenvalue weighted by molar-refractivity contribution is 5.51. The van der Waals surface area contributed by atoms with Gasteiger partial charge >= 0.3 is 12.6 Å². The Morgan fingerprint density at radius 3 is 2.18 bits per heavy atom. The monoisotopic (exact) mass is 168 g/mol. The molecule has 0 saturated carbocycles. The molecular weight excluding hydrogens is 163 g/mol. The fraction of sp³-hybridized carbons (Fsp3) is 0.800. The van der Waals surface area contributed by atoms with Crippen molar-refractivity contribution in [3.05, 3.63) is 0 Å². The molecule has 1 amide bonds. The quantitative estimate of drug-likeness (QED) is 0.599. The van der Waals surface area contributed by atoms with Gasteiger partial charge in [0.15, 0.2) is 0 Å². The summed E-state index contributed by atoms with van der Waals surface area (Å²) >= 11 is 0. The predicted octanol–water partition coefficient (Wildman–Crippen LogP) is 0.0102. The van der Waals surface area contributed by atoms with Gasteiger partial charge in [-0.25, -0.2) is 0 Å². The van der Waals surface area contributed by atoms with Crippen LogP contribution in [0.3, 0.4) is 0 Å². The van der Waals surface area contributed by atoms with Crippen LogP contribution in [0.25, 0.3) is 0 Å². The van der Waals surface area contributed by atoms with E-state index in [1.807, 2.05) is 0 Å². The third kappa shape index (κ3) is 0.973. The SMILES string of the molecule is O=[C]N1CCC1(O)C(F)(F)F. The number of nitrogens with zero attached hydrogens (tertiary/aromatic N) is 1. The van der Waals surface area contributed by atoms with Gasteiger partial charge in [0.05, 0.1) is 0 Å². The van der Waals surface area contributed by atoms with Gasteiger partial charge < -0.3 is 5.11 Å². The predicted molar refractivity (Wildman–Crippen MR) is 28.0 cm³/mol. The minimum Gasteiger partial charge on any atom is -0.363 e. The molecule has 0 aliphatic carbocycles. The Labute approximate surface area is 60.4 Å². The van der Waals surface area contributed by atoms with Crippen molar-refractivity contribution in [3.63, 3.8) is 0 Å². The smallest absolute Gasteiger partial charge is 0.363 e. The second-order valence-electron chi connectivity index (χ2n) is 2.31. The number of hydrogen-bond donors (Lipinski definition) is 1. The summed E-state index contributed by atoms with van der Waals surface area (Å²) in [5.41, 5.74) is -2.96. The summed E-state index contributed by atoms with van der Waals surface area (Å²) in [7, 11) is 0. The molecule has 11 heavy (non-hydrogen) atoms. The van der Waals surface area contributed by atoms with Crippen molar-refractivity contribution in [3.8, 4) is 0 Å². The van der Waals surface area contributed by atoms with Crippen molar-refractivity contribution in [1.82, 2.24) is 4.90 Å². The second-order valence-corrected chi connectivity index (χ2v) is 2.31. The molecule has 1 fully saturated rings. The average molecular weight is 168 g/mol. The Hall–Kier alpha value is -0.780. The minimum absolute atomic E-state index is 0.0977. The number of carbonyl (C=O) groups excluding carboxylic acids is 1. The van der Waals surface area contributed by atoms with Crippen LogP contribution in [0.2, 0.25) is 0 Å². The van der Waals surface area contributed by atoms with E-state index in [9.17, 15) is 18.0 Å². The fourth-order valence-corrected chi connectivity index (χ4v) is 0.851. The third-order valence-electron chi connectivity index (χ3n) is 1.69. The first-order chi connectivity index (χ1) is 4.92. The molecule has 1 atom stereocenters. The van der Waals surface area contributed by atoms with E-state index in [0.29, 0.717) is 0 Å². The van der Waals surface area contributed by atoms with Crippen molar-refractivity contribution in [2.45, 2.75) is 18.3 Å². The van der Waals surface area contributed by atoms with Crippen molar-refractivity contribution in [2.24, 2.45) is 0 Å². The maximum absolute atomic E-state index is 11.9. The van der Waals surface area contributed by atoms with E-state index >= 15 is 0 Å². The molecule has 1 rings (SSSR count). The van der Waals surface area contributed by atoms with Crippen LogP contribution >= 0.6 is 0 Å². The van der Waals surface area contributed by atoms with Gasteiger partial charge in [-0.05, 0) is 0 Å². The highest BCUT2D eigenvalue weighted by atomic mass is 19.4. The lowest BCUT2D eigenvalue weighted by atomic mass is 9.99. The summed E-state index contributed by atoms with van der Waals surface area (Å²) in [5, 5.41) is 8.74. The van der Waals surface area contributed by atoms with Crippen LogP contribution in [-0.4, -0.2) is 34.9 Å². The van der Waals surface area contributed by atoms with Crippen molar-refractivity contribution in [2.75, 3.05) is 6.54 Å². The Bertz CT molecular complexity index is 181. The lowest BCUT2D eigenvalue weighted by Crippen LogP contribution is -2.67. The molecule has 1 unspecified atom stereocenters. The Balaban J connectivity index is 2.76. The van der Waals surface area contributed by atoms with Crippen LogP contribution in [0.5, 0.6) is 0 Å². The molecule has 63 valence electrons. The number of aliphatic hydroxyl groups is 1. The van der Waals surface area contributed by atoms with Crippen molar-refractivity contribution < 1.29 is 23.1 Å². The zero-order valence-corrected chi connectivity index (χ0v) is 5.35. The molecule has 1 heterocycles. The first kappa shape index (κ1) is 8.32. The Morgan fingerprint density at radius 2 is 2.09 bits per heavy atom. The summed E-state index contributed by atoms with van der Waals surface area (Å²) in [5.74, 6) is 0. The molecule has 0 aromatic rings. The topological polar surface area (TPSA) is 40.5 Å². The highest BCUT2D eigenvalue weighted by Gasteiger charge is 2.63. The molecule has 1 aliphatic rings. The van der Waals surface area contributed by atoms with E-state index in [0.717, 1.165) is 6.41 Å². The number of alkyl halides is 3. The van der Waals surface area contributed by atoms with E-state index in [1.165, 1.54) is 0 Å². The third-order valence-corrected chi connectivity index (χ3v) is 1.69. The van der Waals surface area contributed by atoms with Gasteiger partial charge in [0.2, 0.25) is 5.72 Å². The lowest BCUT2D eigenvalue weighted by Gasteiger charge is -2.46. The number of hydrogen-bond acceptors (Lipinski definition) is 2. The molecule has 0 spiro atoms. The summed E-state index contributed by atoms with van der Waals surface area (Å²) in [6.45, 7) is -0.0977. The molecule has 0 bridgehead atoms. The van der Waals surface area contributed by atoms with E-state index < -0.39 is 18.3 Å². The van der Waals surface area contributed by atoms with Crippen LogP contribution in [0.15, 0.2) is 0 Å². The molecule has 0 aromatic carbocycles. The standard InChI is InChI=1S/C5H5F3NO2/c6-5(7,8)4(11)1-2-9(4)3-10/h11H,1-2H2. The molecular formula is C5H5F3NO2. The van der Waals surface area contributed by atoms with E-state index in [-0.39, 0.29) is 11.4 Å². The maximum atomic E-state index is 11.9. The average Bonchev–Trinajstić information content (AvgIpc) is 1.83. The van der Waals surface area contributed by atoms with Crippen LogP contribution in [-0.2, 0) is 4.79 Å². The number of rotatable bonds is 1. The fourth-order valence-electron chi connectivity index (χ4n) is 0.851. The largest absolute Gasteiger partial charge is 0.436 e. The zero-order chi connectivity index (χ0) is 8.70. The molecule has 0 aromatic heterocycles. The summed E-state index contributed by atoms with van der Waals surface area (Å²) in [6, 6.07) is 0. The summed E-state index contributed by atoms with van der Waals surface area (Å²) in [4.78, 5) is 9.99. The van der Waals surface area contributed by atoms with Crippen molar-refractivity contribution >= 4 is 6.41 Å². The molecule has 1 radical (unpaired) electrons. The van der Waals surface area contributed by atoms with Gasteiger partial charge in [-0.1, -0.05) is 0 Å². The van der Waals surface area contributed by atoms with Crippen LogP contribution in [0.4, 0.5) is 13.2 Å². The van der Waals surface area contributed by atoms with Crippen LogP contribution < -0.4 is 0 Å². The molecule has 1 saturated heterocycles. The second kappa shape index (κ2) is 2.10. The summed E-state index contributed by atoms with van der Waals surface area (Å²) < 4.78 is 35.6. The lowest BCUT2D eigenvalue weighted by molar-refractivity contribution is -0.334. The molecule has 1 aliphatic heterocycles. The van der Waals surface area contributed by atoms with Gasteiger partial charge in [-0.3, -0.25) is 9.69 Å². The molecule has 6 heteroatoms. The first-order valence-corrected chi connectivity index (χ1v) is 2.86. The number of halogens is 3. The van der Waals surface area contributed by atoms with E-state index in [4.69, 9.17) is 5.11 Å². The Kier molecular flexibility index (Phi) is 1.59. The van der Waals surface area contributed by atoms with Gasteiger partial charge in [-0.15, -0.1) is 0 Å². The zero-order valence-electron chi connectivity index (χ0n) is 5.35. The normalized spacial score (nSPS) is 31.5. The number of likely N-dealkylation sites (tertiary alicyclic amines) is 1. The number of amides is 1. The maximum Gasteiger partial charge on any atom is 0.436 e. The van der Waals surface area contributed by atoms with Gasteiger partial charge in [0, 0.05) is 13.0 Å². The first-order valence-electron chi connectivity index (χ1n) is 2.86. The highest BCUT2D eigenvalue weighted by Crippen LogP contribution is 2.41. The molecule has 1 N–H and O–H groups in total. The van der Waals surface area contributed by atoms with Gasteiger partial charge in [0.25, 0.3) is 0 Å². The summed E-state index contributed by atoms with van der Waals surface area (Å²) in [6.07, 6.45) is -4.23.